The molecule has 0 radical (unpaired) electrons. The summed E-state index contributed by atoms with van der Waals surface area (Å²) in [5.41, 5.74) is -5.55. The SMILES string of the molecule is CN1C(=O)N(C(=O)O)C(=O)C2=NC(C(=O)O)(C(C)(C)C)N(C(C)(C)C)C21C. The molecule has 10 heteroatoms. The molecule has 2 aliphatic rings. The van der Waals surface area contributed by atoms with Gasteiger partial charge in [0.2, 0.25) is 5.66 Å². The second-order valence-electron chi connectivity index (χ2n) is 8.98. The van der Waals surface area contributed by atoms with Crippen LogP contribution >= 0.6 is 0 Å². The minimum atomic E-state index is -1.89. The third-order valence-corrected chi connectivity index (χ3v) is 5.22. The predicted octanol–water partition coefficient (Wildman–Crippen LogP) is 1.66. The second kappa shape index (κ2) is 5.51. The molecule has 0 aromatic heterocycles. The van der Waals surface area contributed by atoms with Gasteiger partial charge in [0, 0.05) is 18.0 Å². The van der Waals surface area contributed by atoms with Crippen LogP contribution in [0, 0.1) is 5.41 Å². The first-order valence-corrected chi connectivity index (χ1v) is 8.45. The molecule has 0 spiro atoms. The van der Waals surface area contributed by atoms with Crippen LogP contribution < -0.4 is 0 Å². The number of aliphatic carboxylic acids is 1. The molecule has 0 bridgehead atoms. The summed E-state index contributed by atoms with van der Waals surface area (Å²) in [5.74, 6) is -2.42. The van der Waals surface area contributed by atoms with Crippen LogP contribution in [0.3, 0.4) is 0 Å². The Bertz CT molecular complexity index is 777. The Kier molecular flexibility index (Phi) is 4.25. The molecule has 27 heavy (non-hydrogen) atoms. The molecule has 2 unspecified atom stereocenters. The van der Waals surface area contributed by atoms with Crippen LogP contribution in [-0.2, 0) is 9.59 Å². The zero-order valence-electron chi connectivity index (χ0n) is 16.8. The van der Waals surface area contributed by atoms with Crippen LogP contribution in [0.15, 0.2) is 4.99 Å². The average Bonchev–Trinajstić information content (AvgIpc) is 2.76. The molecule has 1 saturated heterocycles. The van der Waals surface area contributed by atoms with Gasteiger partial charge in [-0.15, -0.1) is 0 Å². The highest BCUT2D eigenvalue weighted by Crippen LogP contribution is 2.52. The molecule has 4 amide bonds. The van der Waals surface area contributed by atoms with Gasteiger partial charge in [0.05, 0.1) is 0 Å². The molecule has 2 aliphatic heterocycles. The maximum Gasteiger partial charge on any atom is 0.422 e. The Morgan fingerprint density at radius 1 is 1.04 bits per heavy atom. The van der Waals surface area contributed by atoms with Crippen molar-refractivity contribution >= 4 is 29.7 Å². The summed E-state index contributed by atoms with van der Waals surface area (Å²) in [7, 11) is 1.33. The summed E-state index contributed by atoms with van der Waals surface area (Å²) in [6.45, 7) is 11.8. The van der Waals surface area contributed by atoms with Crippen LogP contribution in [0.5, 0.6) is 0 Å². The number of nitrogens with zero attached hydrogens (tertiary/aromatic N) is 4. The van der Waals surface area contributed by atoms with E-state index in [0.29, 0.717) is 0 Å². The van der Waals surface area contributed by atoms with Crippen LogP contribution in [0.4, 0.5) is 9.59 Å². The lowest BCUT2D eigenvalue weighted by atomic mass is 9.76. The fourth-order valence-electron chi connectivity index (χ4n) is 4.10. The first kappa shape index (κ1) is 20.8. The Balaban J connectivity index is 2.95. The van der Waals surface area contributed by atoms with Gasteiger partial charge in [-0.1, -0.05) is 20.8 Å². The standard InChI is InChI=1S/C17H26N4O6/c1-14(2,3)17(11(23)24)18-9-10(22)20(13(26)27)12(25)19(8)16(9,7)21(17)15(4,5)6/h1-8H3,(H,23,24)(H,26,27). The largest absolute Gasteiger partial charge is 0.478 e. The van der Waals surface area contributed by atoms with Gasteiger partial charge >= 0.3 is 18.1 Å². The normalized spacial score (nSPS) is 29.7. The third kappa shape index (κ3) is 2.39. The number of carboxylic acid groups (broad SMARTS) is 2. The Hall–Kier alpha value is -2.49. The molecule has 2 heterocycles. The van der Waals surface area contributed by atoms with Gasteiger partial charge in [-0.05, 0) is 27.7 Å². The topological polar surface area (TPSA) is 131 Å². The predicted molar refractivity (Wildman–Crippen MR) is 95.3 cm³/mol. The highest BCUT2D eigenvalue weighted by Gasteiger charge is 2.72. The van der Waals surface area contributed by atoms with Crippen molar-refractivity contribution in [2.75, 3.05) is 7.05 Å². The number of carbonyl (C=O) groups excluding carboxylic acids is 2. The van der Waals surface area contributed by atoms with E-state index in [1.54, 1.807) is 41.5 Å². The molecule has 2 rings (SSSR count). The van der Waals surface area contributed by atoms with E-state index in [0.717, 1.165) is 4.90 Å². The zero-order valence-corrected chi connectivity index (χ0v) is 16.8. The third-order valence-electron chi connectivity index (χ3n) is 5.22. The van der Waals surface area contributed by atoms with Crippen molar-refractivity contribution in [1.29, 1.82) is 0 Å². The summed E-state index contributed by atoms with van der Waals surface area (Å²) >= 11 is 0. The van der Waals surface area contributed by atoms with Crippen molar-refractivity contribution in [3.63, 3.8) is 0 Å². The van der Waals surface area contributed by atoms with Gasteiger partial charge < -0.3 is 15.1 Å². The van der Waals surface area contributed by atoms with Crippen molar-refractivity contribution in [2.24, 2.45) is 10.4 Å². The lowest BCUT2D eigenvalue weighted by Gasteiger charge is -2.57. The van der Waals surface area contributed by atoms with Crippen LogP contribution in [0.1, 0.15) is 48.5 Å². The number of hydrogen-bond acceptors (Lipinski definition) is 6. The quantitative estimate of drug-likeness (QED) is 0.705. The van der Waals surface area contributed by atoms with Crippen LogP contribution in [0.25, 0.3) is 0 Å². The van der Waals surface area contributed by atoms with E-state index in [9.17, 15) is 29.4 Å². The van der Waals surface area contributed by atoms with Gasteiger partial charge in [0.1, 0.15) is 11.4 Å². The highest BCUT2D eigenvalue weighted by atomic mass is 16.4. The first-order chi connectivity index (χ1) is 12.0. The molecule has 0 aromatic rings. The zero-order chi connectivity index (χ0) is 21.3. The van der Waals surface area contributed by atoms with E-state index in [4.69, 9.17) is 0 Å². The Morgan fingerprint density at radius 2 is 1.52 bits per heavy atom. The van der Waals surface area contributed by atoms with E-state index in [1.807, 2.05) is 0 Å². The molecule has 2 atom stereocenters. The molecule has 1 fully saturated rings. The summed E-state index contributed by atoms with van der Waals surface area (Å²) in [4.78, 5) is 56.5. The van der Waals surface area contributed by atoms with E-state index in [-0.39, 0.29) is 10.6 Å². The van der Waals surface area contributed by atoms with Gasteiger partial charge in [-0.2, -0.15) is 4.90 Å². The van der Waals surface area contributed by atoms with Crippen LogP contribution in [0.2, 0.25) is 0 Å². The molecule has 0 aromatic carbocycles. The minimum Gasteiger partial charge on any atom is -0.478 e. The summed E-state index contributed by atoms with van der Waals surface area (Å²) in [6, 6.07) is -1.06. The molecule has 0 saturated carbocycles. The van der Waals surface area contributed by atoms with Gasteiger partial charge in [0.25, 0.3) is 5.91 Å². The van der Waals surface area contributed by atoms with E-state index >= 15 is 0 Å². The highest BCUT2D eigenvalue weighted by molar-refractivity contribution is 6.49. The monoisotopic (exact) mass is 382 g/mol. The molecule has 2 N–H and O–H groups in total. The van der Waals surface area contributed by atoms with Crippen molar-refractivity contribution in [2.45, 2.75) is 65.3 Å². The number of carboxylic acids is 1. The second-order valence-corrected chi connectivity index (χ2v) is 8.98. The van der Waals surface area contributed by atoms with Gasteiger partial charge in [0.15, 0.2) is 0 Å². The molecular formula is C17H26N4O6. The molecular weight excluding hydrogens is 356 g/mol. The van der Waals surface area contributed by atoms with Crippen LogP contribution in [-0.4, -0.2) is 78.5 Å². The maximum atomic E-state index is 12.9. The maximum absolute atomic E-state index is 12.9. The molecule has 0 aliphatic carbocycles. The number of carbonyl (C=O) groups is 4. The summed E-state index contributed by atoms with van der Waals surface area (Å²) in [5, 5.41) is 19.5. The first-order valence-electron chi connectivity index (χ1n) is 8.45. The van der Waals surface area contributed by atoms with Gasteiger partial charge in [-0.25, -0.2) is 24.3 Å². The summed E-state index contributed by atoms with van der Waals surface area (Å²) in [6.07, 6.45) is -1.74. The number of rotatable bonds is 1. The van der Waals surface area contributed by atoms with Crippen molar-refractivity contribution in [1.82, 2.24) is 14.7 Å². The number of fused-ring (bicyclic) bond motifs is 1. The fraction of sp³-hybridized carbons (Fsp3) is 0.706. The Labute approximate surface area is 157 Å². The molecule has 150 valence electrons. The van der Waals surface area contributed by atoms with Crippen molar-refractivity contribution in [3.8, 4) is 0 Å². The van der Waals surface area contributed by atoms with Crippen molar-refractivity contribution < 1.29 is 29.4 Å². The lowest BCUT2D eigenvalue weighted by Crippen LogP contribution is -2.78. The number of hydrogen-bond donors (Lipinski definition) is 2. The number of imide groups is 3. The fourth-order valence-corrected chi connectivity index (χ4v) is 4.10. The number of amides is 4. The van der Waals surface area contributed by atoms with E-state index in [1.165, 1.54) is 18.9 Å². The number of urea groups is 1. The smallest absolute Gasteiger partial charge is 0.422 e. The average molecular weight is 382 g/mol. The van der Waals surface area contributed by atoms with E-state index < -0.39 is 46.3 Å². The van der Waals surface area contributed by atoms with E-state index in [2.05, 4.69) is 4.99 Å². The van der Waals surface area contributed by atoms with Crippen molar-refractivity contribution in [3.05, 3.63) is 0 Å². The summed E-state index contributed by atoms with van der Waals surface area (Å²) < 4.78 is 0. The Morgan fingerprint density at radius 3 is 1.85 bits per heavy atom. The van der Waals surface area contributed by atoms with Gasteiger partial charge in [-0.3, -0.25) is 4.79 Å². The number of aliphatic imine (C=N–C) groups is 1. The minimum absolute atomic E-state index is 0.0576. The lowest BCUT2D eigenvalue weighted by molar-refractivity contribution is -0.178. The molecule has 10 nitrogen and oxygen atoms in total.